The molecule has 0 unspecified atom stereocenters. The minimum Gasteiger partial charge on any atom is -0.378 e. The van der Waals surface area contributed by atoms with Crippen molar-refractivity contribution in [2.75, 3.05) is 6.61 Å². The van der Waals surface area contributed by atoms with Crippen LogP contribution in [0.15, 0.2) is 30.3 Å². The van der Waals surface area contributed by atoms with E-state index in [2.05, 4.69) is 46.3 Å². The van der Waals surface area contributed by atoms with Gasteiger partial charge in [0.05, 0.1) is 6.10 Å². The average molecular weight is 269 g/mol. The molecule has 0 radical (unpaired) electrons. The summed E-state index contributed by atoms with van der Waals surface area (Å²) in [6.45, 7) is 0.902. The normalized spacial score (nSPS) is 24.9. The fourth-order valence-electron chi connectivity index (χ4n) is 1.81. The van der Waals surface area contributed by atoms with Crippen LogP contribution < -0.4 is 0 Å². The molecule has 0 bridgehead atoms. The quantitative estimate of drug-likeness (QED) is 0.586. The Kier molecular flexibility index (Phi) is 4.21. The van der Waals surface area contributed by atoms with Gasteiger partial charge in [0.25, 0.3) is 0 Å². The van der Waals surface area contributed by atoms with Gasteiger partial charge in [-0.3, -0.25) is 0 Å². The molecule has 1 aromatic carbocycles. The van der Waals surface area contributed by atoms with Gasteiger partial charge in [-0.15, -0.1) is 0 Å². The lowest BCUT2D eigenvalue weighted by Gasteiger charge is -2.31. The summed E-state index contributed by atoms with van der Waals surface area (Å²) < 4.78 is 5.74. The molecule has 0 N–H and O–H groups in total. The van der Waals surface area contributed by atoms with Crippen molar-refractivity contribution in [1.82, 2.24) is 0 Å². The van der Waals surface area contributed by atoms with Gasteiger partial charge in [0.2, 0.25) is 0 Å². The van der Waals surface area contributed by atoms with Gasteiger partial charge in [0, 0.05) is 11.4 Å². The standard InChI is InChI=1S/C13H17BrO/c14-12-9-13(10-12)15-8-4-7-11-5-2-1-3-6-11/h1-3,5-6,12-13H,4,7-10H2. The Morgan fingerprint density at radius 3 is 2.60 bits per heavy atom. The molecular formula is C13H17BrO. The molecule has 82 valence electrons. The lowest BCUT2D eigenvalue weighted by atomic mass is 9.96. The van der Waals surface area contributed by atoms with E-state index in [0.717, 1.165) is 19.4 Å². The average Bonchev–Trinajstić information content (AvgIpc) is 2.23. The second kappa shape index (κ2) is 5.66. The summed E-state index contributed by atoms with van der Waals surface area (Å²) in [5.41, 5.74) is 1.41. The summed E-state index contributed by atoms with van der Waals surface area (Å²) in [7, 11) is 0. The molecule has 0 spiro atoms. The molecule has 0 amide bonds. The van der Waals surface area contributed by atoms with Crippen molar-refractivity contribution < 1.29 is 4.74 Å². The first kappa shape index (κ1) is 11.2. The zero-order chi connectivity index (χ0) is 10.5. The molecule has 0 aliphatic heterocycles. The highest BCUT2D eigenvalue weighted by Crippen LogP contribution is 2.29. The maximum absolute atomic E-state index is 5.74. The molecule has 1 aromatic rings. The molecule has 1 fully saturated rings. The summed E-state index contributed by atoms with van der Waals surface area (Å²) in [6, 6.07) is 10.6. The highest BCUT2D eigenvalue weighted by Gasteiger charge is 2.26. The minimum atomic E-state index is 0.519. The van der Waals surface area contributed by atoms with Crippen LogP contribution in [0.1, 0.15) is 24.8 Å². The number of hydrogen-bond donors (Lipinski definition) is 0. The topological polar surface area (TPSA) is 9.23 Å². The second-order valence-electron chi connectivity index (χ2n) is 4.15. The van der Waals surface area contributed by atoms with Crippen LogP contribution in [0.2, 0.25) is 0 Å². The van der Waals surface area contributed by atoms with E-state index in [0.29, 0.717) is 10.9 Å². The van der Waals surface area contributed by atoms with Gasteiger partial charge in [0.15, 0.2) is 0 Å². The van der Waals surface area contributed by atoms with E-state index in [1.807, 2.05) is 0 Å². The van der Waals surface area contributed by atoms with E-state index in [1.54, 1.807) is 0 Å². The van der Waals surface area contributed by atoms with E-state index < -0.39 is 0 Å². The Labute approximate surface area is 100.0 Å². The first-order valence-electron chi connectivity index (χ1n) is 5.64. The monoisotopic (exact) mass is 268 g/mol. The summed E-state index contributed by atoms with van der Waals surface area (Å²) in [6.07, 6.45) is 5.15. The number of aryl methyl sites for hydroxylation is 1. The van der Waals surface area contributed by atoms with Crippen LogP contribution in [0, 0.1) is 0 Å². The van der Waals surface area contributed by atoms with E-state index in [9.17, 15) is 0 Å². The molecule has 0 heterocycles. The highest BCUT2D eigenvalue weighted by molar-refractivity contribution is 9.09. The van der Waals surface area contributed by atoms with Crippen molar-refractivity contribution in [3.63, 3.8) is 0 Å². The number of ether oxygens (including phenoxy) is 1. The van der Waals surface area contributed by atoms with Crippen molar-refractivity contribution in [2.45, 2.75) is 36.6 Å². The van der Waals surface area contributed by atoms with Gasteiger partial charge in [-0.1, -0.05) is 46.3 Å². The molecule has 15 heavy (non-hydrogen) atoms. The smallest absolute Gasteiger partial charge is 0.0596 e. The number of hydrogen-bond acceptors (Lipinski definition) is 1. The Balaban J connectivity index is 1.56. The van der Waals surface area contributed by atoms with Gasteiger partial charge < -0.3 is 4.74 Å². The van der Waals surface area contributed by atoms with Gasteiger partial charge >= 0.3 is 0 Å². The van der Waals surface area contributed by atoms with Crippen LogP contribution in [0.3, 0.4) is 0 Å². The van der Waals surface area contributed by atoms with Crippen molar-refractivity contribution in [2.24, 2.45) is 0 Å². The number of benzene rings is 1. The molecule has 1 saturated carbocycles. The first-order valence-corrected chi connectivity index (χ1v) is 6.56. The van der Waals surface area contributed by atoms with Crippen molar-refractivity contribution in [1.29, 1.82) is 0 Å². The Morgan fingerprint density at radius 1 is 1.20 bits per heavy atom. The summed E-state index contributed by atoms with van der Waals surface area (Å²) >= 11 is 3.57. The van der Waals surface area contributed by atoms with Gasteiger partial charge in [0.1, 0.15) is 0 Å². The van der Waals surface area contributed by atoms with Crippen molar-refractivity contribution >= 4 is 15.9 Å². The summed E-state index contributed by atoms with van der Waals surface area (Å²) in [5, 5.41) is 0. The second-order valence-corrected chi connectivity index (χ2v) is 5.45. The van der Waals surface area contributed by atoms with Gasteiger partial charge in [-0.2, -0.15) is 0 Å². The van der Waals surface area contributed by atoms with Crippen molar-refractivity contribution in [3.8, 4) is 0 Å². The maximum atomic E-state index is 5.74. The van der Waals surface area contributed by atoms with Gasteiger partial charge in [-0.25, -0.2) is 0 Å². The molecule has 1 nitrogen and oxygen atoms in total. The molecule has 0 aromatic heterocycles. The zero-order valence-corrected chi connectivity index (χ0v) is 10.4. The number of halogens is 1. The van der Waals surface area contributed by atoms with Crippen LogP contribution in [-0.2, 0) is 11.2 Å². The third-order valence-electron chi connectivity index (χ3n) is 2.84. The largest absolute Gasteiger partial charge is 0.378 e. The molecule has 0 saturated heterocycles. The zero-order valence-electron chi connectivity index (χ0n) is 8.86. The van der Waals surface area contributed by atoms with Crippen LogP contribution >= 0.6 is 15.9 Å². The van der Waals surface area contributed by atoms with E-state index in [4.69, 9.17) is 4.74 Å². The number of rotatable bonds is 5. The third kappa shape index (κ3) is 3.62. The fourth-order valence-corrected chi connectivity index (χ4v) is 2.64. The van der Waals surface area contributed by atoms with E-state index >= 15 is 0 Å². The molecular weight excluding hydrogens is 252 g/mol. The predicted molar refractivity (Wildman–Crippen MR) is 66.5 cm³/mol. The summed E-state index contributed by atoms with van der Waals surface area (Å²) in [5.74, 6) is 0. The Bertz CT molecular complexity index is 280. The molecule has 0 atom stereocenters. The number of alkyl halides is 1. The first-order chi connectivity index (χ1) is 7.34. The van der Waals surface area contributed by atoms with Crippen LogP contribution in [0.4, 0.5) is 0 Å². The molecule has 2 rings (SSSR count). The summed E-state index contributed by atoms with van der Waals surface area (Å²) in [4.78, 5) is 0.705. The molecule has 2 heteroatoms. The lowest BCUT2D eigenvalue weighted by Crippen LogP contribution is -2.31. The Hall–Kier alpha value is -0.340. The molecule has 1 aliphatic rings. The SMILES string of the molecule is BrC1CC(OCCCc2ccccc2)C1. The van der Waals surface area contributed by atoms with E-state index in [1.165, 1.54) is 18.4 Å². The minimum absolute atomic E-state index is 0.519. The highest BCUT2D eigenvalue weighted by atomic mass is 79.9. The van der Waals surface area contributed by atoms with Gasteiger partial charge in [-0.05, 0) is 31.2 Å². The van der Waals surface area contributed by atoms with E-state index in [-0.39, 0.29) is 0 Å². The maximum Gasteiger partial charge on any atom is 0.0596 e. The predicted octanol–water partition coefficient (Wildman–Crippen LogP) is 3.56. The van der Waals surface area contributed by atoms with Crippen LogP contribution in [0.5, 0.6) is 0 Å². The van der Waals surface area contributed by atoms with Crippen LogP contribution in [-0.4, -0.2) is 17.5 Å². The van der Waals surface area contributed by atoms with Crippen molar-refractivity contribution in [3.05, 3.63) is 35.9 Å². The fraction of sp³-hybridized carbons (Fsp3) is 0.538. The molecule has 1 aliphatic carbocycles. The Morgan fingerprint density at radius 2 is 1.93 bits per heavy atom. The van der Waals surface area contributed by atoms with Crippen LogP contribution in [0.25, 0.3) is 0 Å². The third-order valence-corrected chi connectivity index (χ3v) is 3.59. The lowest BCUT2D eigenvalue weighted by molar-refractivity contribution is 0.00634.